The van der Waals surface area contributed by atoms with Gasteiger partial charge in [0, 0.05) is 15.1 Å². The Morgan fingerprint density at radius 1 is 0.967 bits per heavy atom. The normalized spacial score (nSPS) is 14.5. The van der Waals surface area contributed by atoms with Crippen LogP contribution in [0.15, 0.2) is 48.5 Å². The smallest absolute Gasteiger partial charge is 0.383 e. The molecule has 1 atom stereocenters. The Hall–Kier alpha value is -2.59. The van der Waals surface area contributed by atoms with Crippen molar-refractivity contribution in [1.29, 1.82) is 0 Å². The van der Waals surface area contributed by atoms with Gasteiger partial charge in [-0.25, -0.2) is 0 Å². The Balaban J connectivity index is 1.84. The number of carbonyl (C=O) groups excluding carboxylic acids is 1. The van der Waals surface area contributed by atoms with Crippen molar-refractivity contribution in [2.24, 2.45) is 0 Å². The van der Waals surface area contributed by atoms with Crippen LogP contribution >= 0.6 is 11.3 Å². The first-order chi connectivity index (χ1) is 13.8. The minimum absolute atomic E-state index is 0.0514. The number of rotatable bonds is 4. The van der Waals surface area contributed by atoms with Gasteiger partial charge >= 0.3 is 12.4 Å². The van der Waals surface area contributed by atoms with Gasteiger partial charge in [-0.1, -0.05) is 18.2 Å². The van der Waals surface area contributed by atoms with Gasteiger partial charge in [-0.3, -0.25) is 4.79 Å². The molecule has 0 fully saturated rings. The summed E-state index contributed by atoms with van der Waals surface area (Å²) in [5.41, 5.74) is -5.55. The highest BCUT2D eigenvalue weighted by Gasteiger charge is 2.37. The average molecular weight is 447 g/mol. The molecule has 3 aromatic rings. The fourth-order valence-electron chi connectivity index (χ4n) is 2.77. The zero-order valence-corrected chi connectivity index (χ0v) is 16.2. The molecule has 30 heavy (non-hydrogen) atoms. The van der Waals surface area contributed by atoms with Crippen LogP contribution in [0.2, 0.25) is 0 Å². The van der Waals surface area contributed by atoms with Gasteiger partial charge in [-0.15, -0.1) is 11.3 Å². The third-order valence-electron chi connectivity index (χ3n) is 4.40. The number of amides is 1. The number of aliphatic hydroxyl groups is 1. The van der Waals surface area contributed by atoms with Gasteiger partial charge in [-0.2, -0.15) is 26.3 Å². The molecule has 1 aromatic heterocycles. The predicted octanol–water partition coefficient (Wildman–Crippen LogP) is 5.58. The standard InChI is InChI=1S/C20H15F6NO2S/c1-18(29,16-8-11-4-2-3-5-15(11)30-16)10-27-17(28)12-6-13(19(21,22)23)9-14(7-12)20(24,25)26/h2-9,29H,10H2,1H3,(H,27,28). The van der Waals surface area contributed by atoms with E-state index < -0.39 is 47.1 Å². The second-order valence-corrected chi connectivity index (χ2v) is 7.98. The number of hydrogen-bond acceptors (Lipinski definition) is 3. The maximum Gasteiger partial charge on any atom is 0.416 e. The second-order valence-electron chi connectivity index (χ2n) is 6.90. The van der Waals surface area contributed by atoms with Crippen LogP contribution in [0.25, 0.3) is 10.1 Å². The first kappa shape index (κ1) is 22.1. The van der Waals surface area contributed by atoms with E-state index in [1.54, 1.807) is 12.1 Å². The van der Waals surface area contributed by atoms with E-state index in [-0.39, 0.29) is 6.07 Å². The van der Waals surface area contributed by atoms with Crippen molar-refractivity contribution in [2.75, 3.05) is 6.54 Å². The molecule has 0 radical (unpaired) electrons. The molecule has 10 heteroatoms. The number of halogens is 6. The van der Waals surface area contributed by atoms with Crippen molar-refractivity contribution in [2.45, 2.75) is 24.9 Å². The minimum atomic E-state index is -5.06. The van der Waals surface area contributed by atoms with Crippen molar-refractivity contribution in [3.63, 3.8) is 0 Å². The summed E-state index contributed by atoms with van der Waals surface area (Å²) in [5.74, 6) is -1.16. The van der Waals surface area contributed by atoms with Crippen LogP contribution in [0, 0.1) is 0 Å². The van der Waals surface area contributed by atoms with Gasteiger partial charge < -0.3 is 10.4 Å². The molecule has 0 aliphatic carbocycles. The maximum atomic E-state index is 13.0. The first-order valence-electron chi connectivity index (χ1n) is 8.56. The van der Waals surface area contributed by atoms with E-state index in [0.717, 1.165) is 10.1 Å². The van der Waals surface area contributed by atoms with E-state index in [0.29, 0.717) is 17.0 Å². The lowest BCUT2D eigenvalue weighted by Gasteiger charge is -2.22. The van der Waals surface area contributed by atoms with Crippen LogP contribution in [0.5, 0.6) is 0 Å². The lowest BCUT2D eigenvalue weighted by atomic mass is 10.0. The highest BCUT2D eigenvalue weighted by molar-refractivity contribution is 7.19. The summed E-state index contributed by atoms with van der Waals surface area (Å²) >= 11 is 1.26. The minimum Gasteiger partial charge on any atom is -0.383 e. The number of hydrogen-bond donors (Lipinski definition) is 2. The van der Waals surface area contributed by atoms with Gasteiger partial charge in [0.15, 0.2) is 0 Å². The number of thiophene rings is 1. The summed E-state index contributed by atoms with van der Waals surface area (Å²) in [6.45, 7) is 0.988. The Labute approximate surface area is 170 Å². The van der Waals surface area contributed by atoms with Gasteiger partial charge in [0.05, 0.1) is 17.7 Å². The van der Waals surface area contributed by atoms with E-state index >= 15 is 0 Å². The van der Waals surface area contributed by atoms with Crippen molar-refractivity contribution < 1.29 is 36.2 Å². The quantitative estimate of drug-likeness (QED) is 0.514. The zero-order chi connectivity index (χ0) is 22.3. The van der Waals surface area contributed by atoms with Crippen LogP contribution in [-0.2, 0) is 18.0 Å². The Bertz CT molecular complexity index is 1020. The van der Waals surface area contributed by atoms with Crippen LogP contribution in [0.4, 0.5) is 26.3 Å². The molecule has 1 heterocycles. The van der Waals surface area contributed by atoms with Crippen molar-refractivity contribution in [3.05, 3.63) is 70.1 Å². The largest absolute Gasteiger partial charge is 0.416 e. The average Bonchev–Trinajstić information content (AvgIpc) is 3.09. The third-order valence-corrected chi connectivity index (χ3v) is 5.77. The van der Waals surface area contributed by atoms with E-state index in [1.165, 1.54) is 18.3 Å². The molecule has 160 valence electrons. The molecule has 1 unspecified atom stereocenters. The number of fused-ring (bicyclic) bond motifs is 1. The molecule has 2 N–H and O–H groups in total. The number of benzene rings is 2. The number of nitrogens with one attached hydrogen (secondary N) is 1. The summed E-state index contributed by atoms with van der Waals surface area (Å²) in [4.78, 5) is 12.8. The fourth-order valence-corrected chi connectivity index (χ4v) is 3.88. The Morgan fingerprint density at radius 2 is 1.53 bits per heavy atom. The molecular formula is C20H15F6NO2S. The van der Waals surface area contributed by atoms with Crippen molar-refractivity contribution in [1.82, 2.24) is 5.32 Å². The summed E-state index contributed by atoms with van der Waals surface area (Å²) in [6.07, 6.45) is -10.1. The molecule has 0 saturated carbocycles. The van der Waals surface area contributed by atoms with Gasteiger partial charge in [0.2, 0.25) is 0 Å². The van der Waals surface area contributed by atoms with Gasteiger partial charge in [-0.05, 0) is 42.6 Å². The molecule has 3 rings (SSSR count). The molecule has 0 aliphatic heterocycles. The second kappa shape index (κ2) is 7.59. The molecule has 2 aromatic carbocycles. The SMILES string of the molecule is CC(O)(CNC(=O)c1cc(C(F)(F)F)cc(C(F)(F)F)c1)c1cc2ccccc2s1. The lowest BCUT2D eigenvalue weighted by molar-refractivity contribution is -0.143. The Kier molecular flexibility index (Phi) is 5.59. The summed E-state index contributed by atoms with van der Waals surface area (Å²) in [6, 6.07) is 9.62. The Morgan fingerprint density at radius 3 is 2.07 bits per heavy atom. The molecular weight excluding hydrogens is 432 g/mol. The highest BCUT2D eigenvalue weighted by atomic mass is 32.1. The fraction of sp³-hybridized carbons (Fsp3) is 0.250. The molecule has 3 nitrogen and oxygen atoms in total. The summed E-state index contributed by atoms with van der Waals surface area (Å²) in [7, 11) is 0. The summed E-state index contributed by atoms with van der Waals surface area (Å²) in [5, 5.41) is 13.8. The number of carbonyl (C=O) groups is 1. The van der Waals surface area contributed by atoms with E-state index in [2.05, 4.69) is 5.32 Å². The van der Waals surface area contributed by atoms with Crippen molar-refractivity contribution in [3.8, 4) is 0 Å². The van der Waals surface area contributed by atoms with E-state index in [4.69, 9.17) is 0 Å². The lowest BCUT2D eigenvalue weighted by Crippen LogP contribution is -2.38. The molecule has 1 amide bonds. The molecule has 0 aliphatic rings. The first-order valence-corrected chi connectivity index (χ1v) is 9.38. The van der Waals surface area contributed by atoms with E-state index in [1.807, 2.05) is 18.2 Å². The van der Waals surface area contributed by atoms with Crippen LogP contribution in [0.1, 0.15) is 33.3 Å². The van der Waals surface area contributed by atoms with Gasteiger partial charge in [0.25, 0.3) is 5.91 Å². The van der Waals surface area contributed by atoms with Crippen molar-refractivity contribution >= 4 is 27.3 Å². The molecule has 0 spiro atoms. The van der Waals surface area contributed by atoms with Crippen LogP contribution in [0.3, 0.4) is 0 Å². The van der Waals surface area contributed by atoms with Crippen LogP contribution in [-0.4, -0.2) is 17.6 Å². The topological polar surface area (TPSA) is 49.3 Å². The monoisotopic (exact) mass is 447 g/mol. The maximum absolute atomic E-state index is 13.0. The van der Waals surface area contributed by atoms with E-state index in [9.17, 15) is 36.2 Å². The number of alkyl halides is 6. The van der Waals surface area contributed by atoms with Crippen LogP contribution < -0.4 is 5.32 Å². The third kappa shape index (κ3) is 4.76. The zero-order valence-electron chi connectivity index (χ0n) is 15.4. The predicted molar refractivity (Wildman–Crippen MR) is 100 cm³/mol. The van der Waals surface area contributed by atoms with Gasteiger partial charge in [0.1, 0.15) is 5.60 Å². The molecule has 0 bridgehead atoms. The molecule has 0 saturated heterocycles. The summed E-state index contributed by atoms with van der Waals surface area (Å²) < 4.78 is 78.6. The highest BCUT2D eigenvalue weighted by Crippen LogP contribution is 2.36.